The molecule has 0 spiro atoms. The summed E-state index contributed by atoms with van der Waals surface area (Å²) < 4.78 is 0. The molecule has 0 atom stereocenters. The first-order valence-corrected chi connectivity index (χ1v) is 21.9. The first-order chi connectivity index (χ1) is 27.6. The maximum atomic E-state index is 4.13. The van der Waals surface area contributed by atoms with Gasteiger partial charge in [-0.1, -0.05) is 194 Å². The Morgan fingerprint density at radius 3 is 1.00 bits per heavy atom. The topological polar surface area (TPSA) is 15.3 Å². The molecule has 0 fully saturated rings. The van der Waals surface area contributed by atoms with Crippen molar-refractivity contribution in [2.24, 2.45) is 0 Å². The molecule has 2 heteroatoms. The molecule has 0 saturated heterocycles. The fraction of sp³-hybridized carbons (Fsp3) is 0.368. The van der Waals surface area contributed by atoms with E-state index in [0.29, 0.717) is 0 Å². The van der Waals surface area contributed by atoms with Crippen LogP contribution >= 0.6 is 0 Å². The molecule has 0 amide bonds. The molecule has 0 radical (unpaired) electrons. The Hall–Kier alpha value is -5.08. The van der Waals surface area contributed by atoms with Gasteiger partial charge in [0.15, 0.2) is 0 Å². The zero-order valence-corrected chi connectivity index (χ0v) is 38.6. The molecule has 0 saturated carbocycles. The SMILES string of the molecule is CCC(CC)(Nc1ccc(C(C)(C)C)cc1)c1cc(C(C)(C)C)ccc1N(c1ccc(-c2ccc(C(C)(C)C)cc2)cc1)c1ccc(-c2ccc(C(C)(C)C)cc2)cc1. The first-order valence-electron chi connectivity index (χ1n) is 21.9. The van der Waals surface area contributed by atoms with Crippen LogP contribution in [0.5, 0.6) is 0 Å². The van der Waals surface area contributed by atoms with Crippen molar-refractivity contribution in [2.45, 2.75) is 137 Å². The highest BCUT2D eigenvalue weighted by Gasteiger charge is 2.34. The van der Waals surface area contributed by atoms with Crippen molar-refractivity contribution >= 4 is 22.7 Å². The molecule has 59 heavy (non-hydrogen) atoms. The lowest BCUT2D eigenvalue weighted by Gasteiger charge is -2.40. The summed E-state index contributed by atoms with van der Waals surface area (Å²) in [5.74, 6) is 0. The van der Waals surface area contributed by atoms with Crippen molar-refractivity contribution < 1.29 is 0 Å². The molecule has 0 bridgehead atoms. The molecule has 6 aromatic rings. The molecule has 0 heterocycles. The first kappa shape index (κ1) is 43.5. The summed E-state index contributed by atoms with van der Waals surface area (Å²) in [5, 5.41) is 4.13. The third-order valence-electron chi connectivity index (χ3n) is 12.4. The second-order valence-corrected chi connectivity index (χ2v) is 20.8. The quantitative estimate of drug-likeness (QED) is 0.149. The molecule has 6 aromatic carbocycles. The van der Waals surface area contributed by atoms with Gasteiger partial charge >= 0.3 is 0 Å². The van der Waals surface area contributed by atoms with Crippen LogP contribution in [0.2, 0.25) is 0 Å². The van der Waals surface area contributed by atoms with Gasteiger partial charge in [0.25, 0.3) is 0 Å². The van der Waals surface area contributed by atoms with Crippen molar-refractivity contribution in [3.8, 4) is 22.3 Å². The second kappa shape index (κ2) is 16.5. The zero-order chi connectivity index (χ0) is 43.0. The summed E-state index contributed by atoms with van der Waals surface area (Å²) in [6.45, 7) is 32.1. The van der Waals surface area contributed by atoms with Gasteiger partial charge in [-0.3, -0.25) is 0 Å². The van der Waals surface area contributed by atoms with Crippen molar-refractivity contribution in [2.75, 3.05) is 10.2 Å². The summed E-state index contributed by atoms with van der Waals surface area (Å²) >= 11 is 0. The zero-order valence-electron chi connectivity index (χ0n) is 38.6. The summed E-state index contributed by atoms with van der Waals surface area (Å²) in [6, 6.07) is 52.8. The standard InChI is InChI=1S/C57H70N2/c1-15-57(16-2,58-48-32-29-46(30-33-48)55(9,10)11)51-39-47(56(12,13)14)31-38-52(51)59(49-34-21-42(22-35-49)40-17-25-44(26-18-40)53(3,4)5)50-36-23-43(24-37-50)41-19-27-45(28-20-41)54(6,7)8/h17-39,58H,15-16H2,1-14H3. The van der Waals surface area contributed by atoms with E-state index in [1.165, 1.54) is 55.8 Å². The minimum absolute atomic E-state index is 0.0198. The van der Waals surface area contributed by atoms with Crippen molar-refractivity contribution in [3.63, 3.8) is 0 Å². The number of hydrogen-bond acceptors (Lipinski definition) is 2. The van der Waals surface area contributed by atoms with Gasteiger partial charge in [0.1, 0.15) is 0 Å². The maximum absolute atomic E-state index is 4.13. The highest BCUT2D eigenvalue weighted by atomic mass is 15.2. The van der Waals surface area contributed by atoms with E-state index in [2.05, 4.69) is 247 Å². The van der Waals surface area contributed by atoms with Crippen LogP contribution in [0.1, 0.15) is 138 Å². The molecular formula is C57H70N2. The third kappa shape index (κ3) is 9.70. The fourth-order valence-electron chi connectivity index (χ4n) is 8.14. The van der Waals surface area contributed by atoms with E-state index in [9.17, 15) is 0 Å². The maximum Gasteiger partial charge on any atom is 0.0640 e. The Kier molecular flexibility index (Phi) is 12.2. The molecule has 0 aliphatic rings. The van der Waals surface area contributed by atoms with Gasteiger partial charge in [-0.15, -0.1) is 0 Å². The van der Waals surface area contributed by atoms with Gasteiger partial charge in [0.05, 0.1) is 11.2 Å². The number of nitrogens with zero attached hydrogens (tertiary/aromatic N) is 1. The summed E-state index contributed by atoms with van der Waals surface area (Å²) in [5.41, 5.74) is 16.1. The van der Waals surface area contributed by atoms with Gasteiger partial charge in [-0.2, -0.15) is 0 Å². The number of rotatable bonds is 10. The molecule has 1 N–H and O–H groups in total. The van der Waals surface area contributed by atoms with Crippen LogP contribution in [0.25, 0.3) is 22.3 Å². The molecular weight excluding hydrogens is 713 g/mol. The number of benzene rings is 6. The van der Waals surface area contributed by atoms with E-state index in [4.69, 9.17) is 0 Å². The molecule has 0 unspecified atom stereocenters. The lowest BCUT2D eigenvalue weighted by atomic mass is 9.78. The Morgan fingerprint density at radius 1 is 0.373 bits per heavy atom. The van der Waals surface area contributed by atoms with Gasteiger partial charge in [0, 0.05) is 22.6 Å². The lowest BCUT2D eigenvalue weighted by molar-refractivity contribution is 0.453. The van der Waals surface area contributed by atoms with Crippen molar-refractivity contribution in [1.29, 1.82) is 0 Å². The number of hydrogen-bond donors (Lipinski definition) is 1. The largest absolute Gasteiger partial charge is 0.375 e. The molecule has 2 nitrogen and oxygen atoms in total. The Morgan fingerprint density at radius 2 is 0.678 bits per heavy atom. The van der Waals surface area contributed by atoms with Crippen LogP contribution < -0.4 is 10.2 Å². The van der Waals surface area contributed by atoms with Gasteiger partial charge < -0.3 is 10.2 Å². The Labute approximate surface area is 358 Å². The van der Waals surface area contributed by atoms with Crippen molar-refractivity contribution in [3.05, 3.63) is 167 Å². The van der Waals surface area contributed by atoms with E-state index < -0.39 is 0 Å². The summed E-state index contributed by atoms with van der Waals surface area (Å²) in [4.78, 5) is 2.48. The van der Waals surface area contributed by atoms with Crippen LogP contribution in [-0.2, 0) is 27.2 Å². The second-order valence-electron chi connectivity index (χ2n) is 20.8. The number of nitrogens with one attached hydrogen (secondary N) is 1. The average Bonchev–Trinajstić information content (AvgIpc) is 3.20. The predicted molar refractivity (Wildman–Crippen MR) is 259 cm³/mol. The lowest BCUT2D eigenvalue weighted by Crippen LogP contribution is -2.36. The van der Waals surface area contributed by atoms with Crippen LogP contribution in [0, 0.1) is 0 Å². The Bertz CT molecular complexity index is 2190. The van der Waals surface area contributed by atoms with E-state index >= 15 is 0 Å². The van der Waals surface area contributed by atoms with Crippen LogP contribution in [0.15, 0.2) is 140 Å². The van der Waals surface area contributed by atoms with Gasteiger partial charge in [0.2, 0.25) is 0 Å². The third-order valence-corrected chi connectivity index (χ3v) is 12.4. The Balaban J connectivity index is 1.51. The monoisotopic (exact) mass is 783 g/mol. The van der Waals surface area contributed by atoms with E-state index in [1.807, 2.05) is 0 Å². The van der Waals surface area contributed by atoms with E-state index in [0.717, 1.165) is 29.9 Å². The van der Waals surface area contributed by atoms with Gasteiger partial charge in [-0.25, -0.2) is 0 Å². The van der Waals surface area contributed by atoms with E-state index in [-0.39, 0.29) is 27.2 Å². The van der Waals surface area contributed by atoms with Crippen molar-refractivity contribution in [1.82, 2.24) is 0 Å². The molecule has 308 valence electrons. The molecule has 0 aliphatic carbocycles. The molecule has 6 rings (SSSR count). The fourth-order valence-corrected chi connectivity index (χ4v) is 8.14. The minimum atomic E-state index is -0.332. The highest BCUT2D eigenvalue weighted by Crippen LogP contribution is 2.46. The average molecular weight is 783 g/mol. The molecule has 0 aromatic heterocycles. The van der Waals surface area contributed by atoms with Gasteiger partial charge in [-0.05, 0) is 121 Å². The van der Waals surface area contributed by atoms with E-state index in [1.54, 1.807) is 0 Å². The number of anilines is 4. The van der Waals surface area contributed by atoms with Crippen LogP contribution in [0.3, 0.4) is 0 Å². The van der Waals surface area contributed by atoms with Crippen LogP contribution in [0.4, 0.5) is 22.7 Å². The normalized spacial score (nSPS) is 12.7. The highest BCUT2D eigenvalue weighted by molar-refractivity contribution is 5.82. The minimum Gasteiger partial charge on any atom is -0.375 e. The predicted octanol–water partition coefficient (Wildman–Crippen LogP) is 16.8. The smallest absolute Gasteiger partial charge is 0.0640 e. The summed E-state index contributed by atoms with van der Waals surface area (Å²) in [6.07, 6.45) is 1.85. The summed E-state index contributed by atoms with van der Waals surface area (Å²) in [7, 11) is 0. The van der Waals surface area contributed by atoms with Crippen LogP contribution in [-0.4, -0.2) is 0 Å². The molecule has 0 aliphatic heterocycles.